The zero-order valence-electron chi connectivity index (χ0n) is 12.0. The number of rotatable bonds is 2. The first-order valence-corrected chi connectivity index (χ1v) is 7.90. The van der Waals surface area contributed by atoms with E-state index < -0.39 is 0 Å². The van der Waals surface area contributed by atoms with E-state index in [4.69, 9.17) is 10.1 Å². The van der Waals surface area contributed by atoms with Crippen LogP contribution in [0.3, 0.4) is 0 Å². The molecule has 1 aromatic carbocycles. The third-order valence-corrected chi connectivity index (χ3v) is 4.73. The van der Waals surface area contributed by atoms with Gasteiger partial charge in [-0.2, -0.15) is 5.10 Å². The fraction of sp³-hybridized carbons (Fsp3) is 0.375. The Balaban J connectivity index is 1.85. The van der Waals surface area contributed by atoms with Crippen LogP contribution in [-0.4, -0.2) is 14.6 Å². The summed E-state index contributed by atoms with van der Waals surface area (Å²) in [5.74, 6) is 0.638. The van der Waals surface area contributed by atoms with Crippen molar-refractivity contribution < 1.29 is 0 Å². The van der Waals surface area contributed by atoms with Crippen molar-refractivity contribution in [3.63, 3.8) is 0 Å². The molecule has 2 aromatic heterocycles. The van der Waals surface area contributed by atoms with Crippen LogP contribution in [0.15, 0.2) is 18.2 Å². The van der Waals surface area contributed by atoms with Gasteiger partial charge in [0.25, 0.3) is 0 Å². The topological polar surface area (TPSA) is 30.2 Å². The van der Waals surface area contributed by atoms with E-state index in [9.17, 15) is 0 Å². The highest BCUT2D eigenvalue weighted by molar-refractivity contribution is 7.16. The molecule has 0 aliphatic heterocycles. The number of aromatic nitrogens is 3. The number of nitrogens with zero attached hydrogens (tertiary/aromatic N) is 3. The molecule has 0 saturated heterocycles. The minimum absolute atomic E-state index is 0.638. The van der Waals surface area contributed by atoms with Crippen LogP contribution in [0.4, 0.5) is 0 Å². The van der Waals surface area contributed by atoms with Gasteiger partial charge >= 0.3 is 0 Å². The maximum Gasteiger partial charge on any atom is 0.212 e. The molecular weight excluding hydrogens is 266 g/mol. The smallest absolute Gasteiger partial charge is 0.212 e. The summed E-state index contributed by atoms with van der Waals surface area (Å²) >= 11 is 1.73. The molecule has 0 amide bonds. The van der Waals surface area contributed by atoms with Gasteiger partial charge in [0.05, 0.1) is 11.4 Å². The molecule has 1 aliphatic carbocycles. The highest BCUT2D eigenvalue weighted by Gasteiger charge is 2.26. The quantitative estimate of drug-likeness (QED) is 0.559. The SMILES string of the molecule is Cc1ccc2c(c1)-c1nc3sc(CC(C)C)nn3c1C2. The molecule has 0 unspecified atom stereocenters. The summed E-state index contributed by atoms with van der Waals surface area (Å²) in [6, 6.07) is 6.64. The molecule has 20 heavy (non-hydrogen) atoms. The van der Waals surface area contributed by atoms with Crippen LogP contribution >= 0.6 is 11.3 Å². The fourth-order valence-corrected chi connectivity index (χ4v) is 4.01. The molecule has 3 nitrogen and oxygen atoms in total. The summed E-state index contributed by atoms with van der Waals surface area (Å²) in [6.07, 6.45) is 1.99. The Hall–Kier alpha value is -1.68. The molecule has 2 heterocycles. The first kappa shape index (κ1) is 12.1. The van der Waals surface area contributed by atoms with Crippen LogP contribution in [0.25, 0.3) is 16.2 Å². The molecule has 3 aromatic rings. The fourth-order valence-electron chi connectivity index (χ4n) is 2.88. The number of hydrogen-bond donors (Lipinski definition) is 0. The molecule has 0 saturated carbocycles. The minimum atomic E-state index is 0.638. The Labute approximate surface area is 122 Å². The van der Waals surface area contributed by atoms with E-state index in [1.165, 1.54) is 27.4 Å². The first-order chi connectivity index (χ1) is 9.61. The lowest BCUT2D eigenvalue weighted by Gasteiger charge is -1.99. The van der Waals surface area contributed by atoms with Gasteiger partial charge in [-0.15, -0.1) is 0 Å². The molecule has 0 fully saturated rings. The average Bonchev–Trinajstić information content (AvgIpc) is 2.98. The van der Waals surface area contributed by atoms with Gasteiger partial charge in [0.15, 0.2) is 0 Å². The van der Waals surface area contributed by atoms with Crippen molar-refractivity contribution in [3.8, 4) is 11.3 Å². The van der Waals surface area contributed by atoms with E-state index in [0.717, 1.165) is 23.5 Å². The molecule has 102 valence electrons. The largest absolute Gasteiger partial charge is 0.217 e. The van der Waals surface area contributed by atoms with E-state index in [-0.39, 0.29) is 0 Å². The molecule has 1 aliphatic rings. The van der Waals surface area contributed by atoms with Crippen molar-refractivity contribution in [1.82, 2.24) is 14.6 Å². The molecule has 0 N–H and O–H groups in total. The Morgan fingerprint density at radius 1 is 1.35 bits per heavy atom. The van der Waals surface area contributed by atoms with Crippen LogP contribution < -0.4 is 0 Å². The molecule has 0 atom stereocenters. The van der Waals surface area contributed by atoms with Crippen LogP contribution in [0.5, 0.6) is 0 Å². The number of imidazole rings is 1. The van der Waals surface area contributed by atoms with Crippen molar-refractivity contribution in [2.75, 3.05) is 0 Å². The van der Waals surface area contributed by atoms with Crippen molar-refractivity contribution >= 4 is 16.3 Å². The summed E-state index contributed by atoms with van der Waals surface area (Å²) in [7, 11) is 0. The van der Waals surface area contributed by atoms with Gasteiger partial charge in [0.2, 0.25) is 4.96 Å². The third kappa shape index (κ3) is 1.71. The van der Waals surface area contributed by atoms with Crippen LogP contribution in [0.1, 0.15) is 35.7 Å². The summed E-state index contributed by atoms with van der Waals surface area (Å²) in [5, 5.41) is 5.95. The monoisotopic (exact) mass is 283 g/mol. The maximum atomic E-state index is 4.82. The number of fused-ring (bicyclic) bond motifs is 5. The Morgan fingerprint density at radius 3 is 3.00 bits per heavy atom. The van der Waals surface area contributed by atoms with Crippen LogP contribution in [-0.2, 0) is 12.8 Å². The van der Waals surface area contributed by atoms with Crippen LogP contribution in [0, 0.1) is 12.8 Å². The number of hydrogen-bond acceptors (Lipinski definition) is 3. The van der Waals surface area contributed by atoms with E-state index in [1.54, 1.807) is 11.3 Å². The van der Waals surface area contributed by atoms with E-state index in [1.807, 2.05) is 0 Å². The highest BCUT2D eigenvalue weighted by atomic mass is 32.1. The van der Waals surface area contributed by atoms with Crippen molar-refractivity contribution in [1.29, 1.82) is 0 Å². The first-order valence-electron chi connectivity index (χ1n) is 7.09. The van der Waals surface area contributed by atoms with Gasteiger partial charge in [-0.3, -0.25) is 0 Å². The molecule has 0 radical (unpaired) electrons. The van der Waals surface area contributed by atoms with Gasteiger partial charge < -0.3 is 0 Å². The predicted octanol–water partition coefficient (Wildman–Crippen LogP) is 3.87. The molecule has 4 heteroatoms. The second-order valence-corrected chi connectivity index (χ2v) is 7.07. The molecule has 4 rings (SSSR count). The molecule has 0 bridgehead atoms. The van der Waals surface area contributed by atoms with Gasteiger partial charge in [-0.25, -0.2) is 9.50 Å². The van der Waals surface area contributed by atoms with E-state index >= 15 is 0 Å². The summed E-state index contributed by atoms with van der Waals surface area (Å²) in [5.41, 5.74) is 6.36. The lowest BCUT2D eigenvalue weighted by Crippen LogP contribution is -1.97. The van der Waals surface area contributed by atoms with Crippen molar-refractivity contribution in [2.24, 2.45) is 5.92 Å². The van der Waals surface area contributed by atoms with E-state index in [2.05, 4.69) is 43.5 Å². The average molecular weight is 283 g/mol. The predicted molar refractivity (Wildman–Crippen MR) is 82.4 cm³/mol. The summed E-state index contributed by atoms with van der Waals surface area (Å²) in [6.45, 7) is 6.59. The Morgan fingerprint density at radius 2 is 2.20 bits per heavy atom. The summed E-state index contributed by atoms with van der Waals surface area (Å²) < 4.78 is 2.06. The van der Waals surface area contributed by atoms with Crippen LogP contribution in [0.2, 0.25) is 0 Å². The van der Waals surface area contributed by atoms with Crippen molar-refractivity contribution in [3.05, 3.63) is 40.0 Å². The van der Waals surface area contributed by atoms with Gasteiger partial charge in [0.1, 0.15) is 5.01 Å². The third-order valence-electron chi connectivity index (χ3n) is 3.80. The highest BCUT2D eigenvalue weighted by Crippen LogP contribution is 2.38. The molecule has 0 spiro atoms. The Kier molecular flexibility index (Phi) is 2.51. The number of benzene rings is 1. The minimum Gasteiger partial charge on any atom is -0.217 e. The standard InChI is InChI=1S/C16H17N3S/c1-9(2)6-14-18-19-13-8-11-5-4-10(3)7-12(11)15(13)17-16(19)20-14/h4-5,7,9H,6,8H2,1-3H3. The van der Waals surface area contributed by atoms with E-state index in [0.29, 0.717) is 5.92 Å². The normalized spacial score (nSPS) is 13.2. The van der Waals surface area contributed by atoms with Gasteiger partial charge in [0, 0.05) is 18.4 Å². The van der Waals surface area contributed by atoms with Gasteiger partial charge in [-0.1, -0.05) is 42.9 Å². The zero-order valence-corrected chi connectivity index (χ0v) is 12.8. The summed E-state index contributed by atoms with van der Waals surface area (Å²) in [4.78, 5) is 5.86. The lowest BCUT2D eigenvalue weighted by atomic mass is 10.1. The van der Waals surface area contributed by atoms with Gasteiger partial charge in [-0.05, 0) is 24.5 Å². The lowest BCUT2D eigenvalue weighted by molar-refractivity contribution is 0.635. The Bertz CT molecular complexity index is 811. The van der Waals surface area contributed by atoms with Crippen molar-refractivity contribution in [2.45, 2.75) is 33.6 Å². The maximum absolute atomic E-state index is 4.82. The second-order valence-electron chi connectivity index (χ2n) is 6.03. The second kappa shape index (κ2) is 4.16. The zero-order chi connectivity index (χ0) is 13.9. The molecular formula is C16H17N3S. The number of aryl methyl sites for hydroxylation is 1.